The minimum Gasteiger partial charge on any atom is -0.444 e. The van der Waals surface area contributed by atoms with E-state index in [9.17, 15) is 13.2 Å². The Morgan fingerprint density at radius 1 is 1.06 bits per heavy atom. The summed E-state index contributed by atoms with van der Waals surface area (Å²) in [5.41, 5.74) is 1.85. The molecule has 1 fully saturated rings. The quantitative estimate of drug-likeness (QED) is 0.540. The highest BCUT2D eigenvalue weighted by atomic mass is 35.5. The molecule has 1 aliphatic rings. The number of likely N-dealkylation sites (tertiary alicyclic amines) is 1. The fraction of sp³-hybridized carbons (Fsp3) is 0.375. The van der Waals surface area contributed by atoms with Crippen LogP contribution < -0.4 is 0 Å². The minimum atomic E-state index is -3.76. The summed E-state index contributed by atoms with van der Waals surface area (Å²) in [5.74, 6) is 0. The number of nitrogens with one attached hydrogen (secondary N) is 1. The number of sulfone groups is 1. The summed E-state index contributed by atoms with van der Waals surface area (Å²) in [4.78, 5) is 18.0. The largest absolute Gasteiger partial charge is 0.444 e. The zero-order chi connectivity index (χ0) is 24.5. The van der Waals surface area contributed by atoms with Crippen LogP contribution in [0.15, 0.2) is 53.8 Å². The van der Waals surface area contributed by atoms with Crippen LogP contribution in [0.5, 0.6) is 0 Å². The molecule has 3 heterocycles. The molecule has 1 aromatic carbocycles. The molecule has 1 saturated heterocycles. The Balaban J connectivity index is 1.65. The van der Waals surface area contributed by atoms with E-state index < -0.39 is 26.8 Å². The van der Waals surface area contributed by atoms with Gasteiger partial charge in [0.05, 0.1) is 5.25 Å². The lowest BCUT2D eigenvalue weighted by Crippen LogP contribution is -2.44. The summed E-state index contributed by atoms with van der Waals surface area (Å²) in [6, 6.07) is 10.6. The first kappa shape index (κ1) is 24.2. The number of aromatic amines is 1. The van der Waals surface area contributed by atoms with Gasteiger partial charge in [0.1, 0.15) is 11.3 Å². The Morgan fingerprint density at radius 2 is 1.68 bits per heavy atom. The summed E-state index contributed by atoms with van der Waals surface area (Å²) in [6.07, 6.45) is 3.43. The third-order valence-corrected chi connectivity index (χ3v) is 8.10. The van der Waals surface area contributed by atoms with E-state index in [1.54, 1.807) is 74.5 Å². The number of carbonyl (C=O) groups excluding carboxylic acids is 1. The van der Waals surface area contributed by atoms with Crippen LogP contribution in [0.4, 0.5) is 4.79 Å². The predicted octanol–water partition coefficient (Wildman–Crippen LogP) is 4.97. The van der Waals surface area contributed by atoms with Gasteiger partial charge in [0.2, 0.25) is 0 Å². The SMILES string of the molecule is CC(C)(C)OC(=O)N1CCC(S(=O)(=O)c2[nH]nc(-c3ccc(Cl)cc3)c2-c2ccncc2)CC1. The molecule has 8 nitrogen and oxygen atoms in total. The molecule has 0 aliphatic carbocycles. The number of pyridine rings is 1. The maximum Gasteiger partial charge on any atom is 0.410 e. The molecule has 3 aromatic rings. The Bertz CT molecular complexity index is 1260. The molecule has 0 bridgehead atoms. The second-order valence-electron chi connectivity index (χ2n) is 9.23. The summed E-state index contributed by atoms with van der Waals surface area (Å²) >= 11 is 6.04. The van der Waals surface area contributed by atoms with Crippen LogP contribution in [0.3, 0.4) is 0 Å². The van der Waals surface area contributed by atoms with Crippen LogP contribution in [-0.2, 0) is 14.6 Å². The average Bonchev–Trinajstić information content (AvgIpc) is 3.25. The number of hydrogen-bond donors (Lipinski definition) is 1. The van der Waals surface area contributed by atoms with Gasteiger partial charge in [-0.25, -0.2) is 13.2 Å². The summed E-state index contributed by atoms with van der Waals surface area (Å²) < 4.78 is 32.9. The molecule has 34 heavy (non-hydrogen) atoms. The summed E-state index contributed by atoms with van der Waals surface area (Å²) in [5, 5.41) is 7.18. The van der Waals surface area contributed by atoms with E-state index in [4.69, 9.17) is 16.3 Å². The van der Waals surface area contributed by atoms with Gasteiger partial charge >= 0.3 is 6.09 Å². The van der Waals surface area contributed by atoms with E-state index >= 15 is 0 Å². The van der Waals surface area contributed by atoms with Gasteiger partial charge in [-0.1, -0.05) is 23.7 Å². The number of H-pyrrole nitrogens is 1. The van der Waals surface area contributed by atoms with E-state index in [0.717, 1.165) is 5.56 Å². The Kier molecular flexibility index (Phi) is 6.69. The molecule has 1 amide bonds. The number of rotatable bonds is 4. The lowest BCUT2D eigenvalue weighted by atomic mass is 10.0. The van der Waals surface area contributed by atoms with Gasteiger partial charge in [-0.15, -0.1) is 0 Å². The fourth-order valence-electron chi connectivity index (χ4n) is 3.98. The van der Waals surface area contributed by atoms with Crippen molar-refractivity contribution in [3.63, 3.8) is 0 Å². The first-order valence-electron chi connectivity index (χ1n) is 11.0. The van der Waals surface area contributed by atoms with Crippen molar-refractivity contribution < 1.29 is 17.9 Å². The van der Waals surface area contributed by atoms with Gasteiger partial charge < -0.3 is 9.64 Å². The van der Waals surface area contributed by atoms with Crippen molar-refractivity contribution >= 4 is 27.5 Å². The zero-order valence-corrected chi connectivity index (χ0v) is 20.9. The van der Waals surface area contributed by atoms with Crippen molar-refractivity contribution in [1.29, 1.82) is 0 Å². The third-order valence-electron chi connectivity index (χ3n) is 5.64. The Hall–Kier alpha value is -2.91. The summed E-state index contributed by atoms with van der Waals surface area (Å²) in [7, 11) is -3.76. The van der Waals surface area contributed by atoms with Crippen molar-refractivity contribution in [3.8, 4) is 22.4 Å². The van der Waals surface area contributed by atoms with E-state index in [0.29, 0.717) is 47.8 Å². The monoisotopic (exact) mass is 502 g/mol. The maximum absolute atomic E-state index is 13.7. The smallest absolute Gasteiger partial charge is 0.410 e. The number of halogens is 1. The van der Waals surface area contributed by atoms with E-state index in [1.807, 2.05) is 0 Å². The lowest BCUT2D eigenvalue weighted by Gasteiger charge is -2.33. The Labute approximate surface area is 204 Å². The molecule has 0 radical (unpaired) electrons. The first-order chi connectivity index (χ1) is 16.1. The molecule has 10 heteroatoms. The van der Waals surface area contributed by atoms with Gasteiger partial charge in [-0.05, 0) is 63.4 Å². The maximum atomic E-state index is 13.7. The van der Waals surface area contributed by atoms with Crippen LogP contribution >= 0.6 is 11.6 Å². The lowest BCUT2D eigenvalue weighted by molar-refractivity contribution is 0.0217. The highest BCUT2D eigenvalue weighted by Crippen LogP contribution is 2.38. The van der Waals surface area contributed by atoms with Crippen molar-refractivity contribution in [2.24, 2.45) is 0 Å². The van der Waals surface area contributed by atoms with Gasteiger partial charge in [0.15, 0.2) is 14.9 Å². The number of aromatic nitrogens is 3. The molecular formula is C24H27ClN4O4S. The standard InChI is InChI=1S/C24H27ClN4O4S/c1-24(2,3)33-23(30)29-14-10-19(11-15-29)34(31,32)22-20(16-8-12-26-13-9-16)21(27-28-22)17-4-6-18(25)7-5-17/h4-9,12-13,19H,10-11,14-15H2,1-3H3,(H,27,28). The second-order valence-corrected chi connectivity index (χ2v) is 11.8. The van der Waals surface area contributed by atoms with E-state index in [-0.39, 0.29) is 5.03 Å². The second kappa shape index (κ2) is 9.38. The van der Waals surface area contributed by atoms with Gasteiger partial charge in [0.25, 0.3) is 0 Å². The molecule has 0 atom stereocenters. The van der Waals surface area contributed by atoms with E-state index in [1.165, 1.54) is 0 Å². The number of hydrogen-bond acceptors (Lipinski definition) is 6. The fourth-order valence-corrected chi connectivity index (χ4v) is 5.94. The molecule has 1 N–H and O–H groups in total. The molecule has 0 saturated carbocycles. The highest BCUT2D eigenvalue weighted by Gasteiger charge is 2.37. The van der Waals surface area contributed by atoms with Crippen molar-refractivity contribution in [2.75, 3.05) is 13.1 Å². The topological polar surface area (TPSA) is 105 Å². The van der Waals surface area contributed by atoms with Crippen LogP contribution in [0.25, 0.3) is 22.4 Å². The third kappa shape index (κ3) is 5.10. The molecular weight excluding hydrogens is 476 g/mol. The number of piperidine rings is 1. The average molecular weight is 503 g/mol. The van der Waals surface area contributed by atoms with Crippen LogP contribution in [-0.4, -0.2) is 58.5 Å². The number of benzene rings is 1. The van der Waals surface area contributed by atoms with Crippen molar-refractivity contribution in [2.45, 2.75) is 49.5 Å². The zero-order valence-electron chi connectivity index (χ0n) is 19.3. The van der Waals surface area contributed by atoms with Gasteiger partial charge in [0, 0.05) is 41.6 Å². The molecule has 4 rings (SSSR count). The van der Waals surface area contributed by atoms with Crippen LogP contribution in [0.2, 0.25) is 5.02 Å². The normalized spacial score (nSPS) is 15.4. The number of carbonyl (C=O) groups is 1. The highest BCUT2D eigenvalue weighted by molar-refractivity contribution is 7.92. The summed E-state index contributed by atoms with van der Waals surface area (Å²) in [6.45, 7) is 6.03. The minimum absolute atomic E-state index is 0.0689. The number of ether oxygens (including phenoxy) is 1. The van der Waals surface area contributed by atoms with Gasteiger partial charge in [-0.3, -0.25) is 10.1 Å². The van der Waals surface area contributed by atoms with Crippen molar-refractivity contribution in [3.05, 3.63) is 53.8 Å². The number of nitrogens with zero attached hydrogens (tertiary/aromatic N) is 3. The van der Waals surface area contributed by atoms with Gasteiger partial charge in [-0.2, -0.15) is 5.10 Å². The molecule has 0 spiro atoms. The molecule has 2 aromatic heterocycles. The molecule has 1 aliphatic heterocycles. The number of amides is 1. The Morgan fingerprint density at radius 3 is 2.26 bits per heavy atom. The first-order valence-corrected chi connectivity index (χ1v) is 13.0. The van der Waals surface area contributed by atoms with Crippen LogP contribution in [0.1, 0.15) is 33.6 Å². The molecule has 0 unspecified atom stereocenters. The van der Waals surface area contributed by atoms with E-state index in [2.05, 4.69) is 15.2 Å². The predicted molar refractivity (Wildman–Crippen MR) is 130 cm³/mol. The van der Waals surface area contributed by atoms with Crippen LogP contribution in [0, 0.1) is 0 Å². The van der Waals surface area contributed by atoms with Crippen molar-refractivity contribution in [1.82, 2.24) is 20.1 Å². The molecule has 180 valence electrons.